The van der Waals surface area contributed by atoms with Crippen molar-refractivity contribution in [3.05, 3.63) is 16.1 Å². The molecule has 0 unspecified atom stereocenters. The number of carbonyl (C=O) groups is 1. The molecular formula is C37H63INO2+. The highest BCUT2D eigenvalue weighted by Gasteiger charge is 2.59. The summed E-state index contributed by atoms with van der Waals surface area (Å²) in [6, 6.07) is 0. The number of carbonyl (C=O) groups excluding carboxylic acids is 1. The molecule has 0 bridgehead atoms. The van der Waals surface area contributed by atoms with E-state index in [0.717, 1.165) is 61.3 Å². The summed E-state index contributed by atoms with van der Waals surface area (Å²) in [5.41, 5.74) is 2.48. The second-order valence-corrected chi connectivity index (χ2v) is 16.4. The molecule has 0 aromatic carbocycles. The molecular weight excluding hydrogens is 617 g/mol. The van der Waals surface area contributed by atoms with Crippen molar-refractivity contribution in [1.29, 1.82) is 0 Å². The van der Waals surface area contributed by atoms with Gasteiger partial charge < -0.3 is 10.1 Å². The smallest absolute Gasteiger partial charge is 0.407 e. The van der Waals surface area contributed by atoms with Gasteiger partial charge in [0.05, 0.1) is 6.42 Å². The lowest BCUT2D eigenvalue weighted by molar-refractivity contribution is -0.0581. The molecule has 3 fully saturated rings. The Hall–Kier alpha value is -0.390. The molecule has 4 aliphatic carbocycles. The number of hydrogen-bond acceptors (Lipinski definition) is 2. The van der Waals surface area contributed by atoms with Crippen LogP contribution in [0.1, 0.15) is 150 Å². The van der Waals surface area contributed by atoms with E-state index in [1.54, 1.807) is 5.57 Å². The van der Waals surface area contributed by atoms with Crippen molar-refractivity contribution in [3.8, 4) is 0 Å². The molecule has 0 saturated heterocycles. The lowest BCUT2D eigenvalue weighted by atomic mass is 9.47. The van der Waals surface area contributed by atoms with Gasteiger partial charge in [-0.1, -0.05) is 84.8 Å². The predicted molar refractivity (Wildman–Crippen MR) is 182 cm³/mol. The first-order valence-corrected chi connectivity index (χ1v) is 19.0. The Kier molecular flexibility index (Phi) is 12.7. The standard InChI is InChI=1S/C37H62INO2/c1-27(2)14-13-15-28(3)32-18-19-33-31-17-16-29-26-30(20-22-36(29,4)34(31)21-23-37(32,33)5)41-35(40)39-25-12-10-8-6-7-9-11-24-38/h16,24,27-28,30-34H,6-15,17-23,25-26H2,1-5H3/p+1/t28-,30+,31+,32-,33+,34+,36+,37-/m1/s1. The van der Waals surface area contributed by atoms with Crippen LogP contribution in [0.15, 0.2) is 11.6 Å². The Balaban J connectivity index is 1.24. The van der Waals surface area contributed by atoms with Crippen molar-refractivity contribution in [2.24, 2.45) is 46.3 Å². The second kappa shape index (κ2) is 15.6. The summed E-state index contributed by atoms with van der Waals surface area (Å²) in [5.74, 6) is 5.22. The number of unbranched alkanes of at least 4 members (excludes halogenated alkanes) is 6. The zero-order valence-corrected chi connectivity index (χ0v) is 29.5. The van der Waals surface area contributed by atoms with Crippen molar-refractivity contribution < 1.29 is 9.53 Å². The Morgan fingerprint density at radius 1 is 0.976 bits per heavy atom. The van der Waals surface area contributed by atoms with Crippen LogP contribution in [-0.2, 0) is 4.74 Å². The van der Waals surface area contributed by atoms with E-state index < -0.39 is 0 Å². The third-order valence-corrected chi connectivity index (χ3v) is 13.2. The van der Waals surface area contributed by atoms with Crippen LogP contribution in [0.5, 0.6) is 0 Å². The zero-order chi connectivity index (χ0) is 29.5. The summed E-state index contributed by atoms with van der Waals surface area (Å²) in [5, 5.41) is 3.04. The van der Waals surface area contributed by atoms with Gasteiger partial charge >= 0.3 is 6.09 Å². The summed E-state index contributed by atoms with van der Waals surface area (Å²) < 4.78 is 8.20. The van der Waals surface area contributed by atoms with E-state index in [1.165, 1.54) is 96.3 Å². The van der Waals surface area contributed by atoms with Crippen LogP contribution in [0.4, 0.5) is 4.79 Å². The van der Waals surface area contributed by atoms with Crippen LogP contribution >= 0.6 is 22.6 Å². The molecule has 8 atom stereocenters. The minimum absolute atomic E-state index is 0.0528. The van der Waals surface area contributed by atoms with Crippen molar-refractivity contribution in [2.45, 2.75) is 156 Å². The molecule has 41 heavy (non-hydrogen) atoms. The highest BCUT2D eigenvalue weighted by Crippen LogP contribution is 2.67. The number of hydrogen-bond donors (Lipinski definition) is 1. The van der Waals surface area contributed by atoms with Crippen molar-refractivity contribution in [3.63, 3.8) is 0 Å². The normalized spacial score (nSPS) is 35.2. The van der Waals surface area contributed by atoms with E-state index in [0.29, 0.717) is 10.8 Å². The molecule has 4 heteroatoms. The lowest BCUT2D eigenvalue weighted by Crippen LogP contribution is -2.51. The number of halogens is 1. The average molecular weight is 681 g/mol. The fraction of sp³-hybridized carbons (Fsp3) is 0.892. The third kappa shape index (κ3) is 8.21. The van der Waals surface area contributed by atoms with Gasteiger partial charge in [-0.3, -0.25) is 0 Å². The largest absolute Gasteiger partial charge is 0.446 e. The summed E-state index contributed by atoms with van der Waals surface area (Å²) in [7, 11) is 0. The van der Waals surface area contributed by atoms with E-state index in [4.69, 9.17) is 4.74 Å². The number of nitrogens with one attached hydrogen (secondary N) is 1. The van der Waals surface area contributed by atoms with E-state index >= 15 is 0 Å². The van der Waals surface area contributed by atoms with E-state index in [-0.39, 0.29) is 12.2 Å². The van der Waals surface area contributed by atoms with E-state index in [2.05, 4.69) is 73.0 Å². The fourth-order valence-electron chi connectivity index (χ4n) is 10.2. The van der Waals surface area contributed by atoms with Crippen LogP contribution in [-0.4, -0.2) is 18.7 Å². The molecule has 4 aliphatic rings. The van der Waals surface area contributed by atoms with Crippen molar-refractivity contribution in [1.82, 2.24) is 5.32 Å². The maximum atomic E-state index is 12.6. The van der Waals surface area contributed by atoms with Gasteiger partial charge in [-0.05, 0) is 111 Å². The molecule has 4 rings (SSSR count). The SMILES string of the molecule is CC(C)CCC[C@@H](C)[C@H]1CC[C@H]2[C@@H]3CC=C4C[C@@H](OC(=O)NCCCCCCCC[CH+]I)CC[C@]4(C)[C@H]3CC[C@]12C. The molecule has 3 saturated carbocycles. The minimum Gasteiger partial charge on any atom is -0.446 e. The topological polar surface area (TPSA) is 38.3 Å². The molecule has 0 aromatic rings. The summed E-state index contributed by atoms with van der Waals surface area (Å²) >= 11 is 2.34. The molecule has 1 N–H and O–H groups in total. The molecule has 234 valence electrons. The fourth-order valence-corrected chi connectivity index (χ4v) is 10.6. The second-order valence-electron chi connectivity index (χ2n) is 15.6. The molecule has 0 heterocycles. The van der Waals surface area contributed by atoms with Gasteiger partial charge in [-0.25, -0.2) is 4.79 Å². The highest BCUT2D eigenvalue weighted by molar-refractivity contribution is 14.1. The van der Waals surface area contributed by atoms with Crippen LogP contribution in [0.3, 0.4) is 0 Å². The highest BCUT2D eigenvalue weighted by atomic mass is 127. The van der Waals surface area contributed by atoms with Crippen LogP contribution in [0.2, 0.25) is 0 Å². The first-order valence-electron chi connectivity index (χ1n) is 17.7. The molecule has 0 spiro atoms. The Bertz CT molecular complexity index is 856. The molecule has 0 radical (unpaired) electrons. The monoisotopic (exact) mass is 680 g/mol. The number of amides is 1. The van der Waals surface area contributed by atoms with Gasteiger partial charge in [0.25, 0.3) is 0 Å². The molecule has 0 aromatic heterocycles. The van der Waals surface area contributed by atoms with Gasteiger partial charge in [0.2, 0.25) is 22.6 Å². The quantitative estimate of drug-likeness (QED) is 0.0809. The number of fused-ring (bicyclic) bond motifs is 5. The Labute approximate surface area is 267 Å². The first-order chi connectivity index (χ1) is 19.7. The van der Waals surface area contributed by atoms with Gasteiger partial charge in [-0.2, -0.15) is 0 Å². The zero-order valence-electron chi connectivity index (χ0n) is 27.3. The summed E-state index contributed by atoms with van der Waals surface area (Å²) in [6.45, 7) is 13.3. The number of allylic oxidation sites excluding steroid dienone is 1. The van der Waals surface area contributed by atoms with Gasteiger partial charge in [0.15, 0.2) is 0 Å². The van der Waals surface area contributed by atoms with E-state index in [9.17, 15) is 4.79 Å². The van der Waals surface area contributed by atoms with Gasteiger partial charge in [-0.15, -0.1) is 0 Å². The Morgan fingerprint density at radius 2 is 1.73 bits per heavy atom. The minimum atomic E-state index is -0.196. The van der Waals surface area contributed by atoms with Crippen LogP contribution in [0.25, 0.3) is 0 Å². The third-order valence-electron chi connectivity index (χ3n) is 12.5. The summed E-state index contributed by atoms with van der Waals surface area (Å²) in [6.07, 6.45) is 25.6. The van der Waals surface area contributed by atoms with Gasteiger partial charge in [0, 0.05) is 13.0 Å². The number of rotatable bonds is 15. The average Bonchev–Trinajstić information content (AvgIpc) is 3.29. The van der Waals surface area contributed by atoms with Crippen molar-refractivity contribution in [2.75, 3.05) is 6.54 Å². The predicted octanol–water partition coefficient (Wildman–Crippen LogP) is 11.5. The maximum absolute atomic E-state index is 12.6. The maximum Gasteiger partial charge on any atom is 0.407 e. The number of ether oxygens (including phenoxy) is 1. The van der Waals surface area contributed by atoms with Gasteiger partial charge in [0.1, 0.15) is 10.5 Å². The first kappa shape index (κ1) is 33.5. The summed E-state index contributed by atoms with van der Waals surface area (Å²) in [4.78, 5) is 12.6. The Morgan fingerprint density at radius 3 is 2.49 bits per heavy atom. The molecule has 1 amide bonds. The lowest BCUT2D eigenvalue weighted by Gasteiger charge is -2.58. The van der Waals surface area contributed by atoms with Crippen LogP contribution in [0, 0.1) is 50.8 Å². The van der Waals surface area contributed by atoms with E-state index in [1.807, 2.05) is 0 Å². The van der Waals surface area contributed by atoms with Crippen LogP contribution < -0.4 is 5.32 Å². The molecule has 3 nitrogen and oxygen atoms in total. The molecule has 0 aliphatic heterocycles. The number of alkyl carbamates (subject to hydrolysis) is 1. The van der Waals surface area contributed by atoms with Crippen molar-refractivity contribution >= 4 is 28.7 Å².